The lowest BCUT2D eigenvalue weighted by Crippen LogP contribution is -2.09. The molecule has 3 aromatic rings. The van der Waals surface area contributed by atoms with Gasteiger partial charge in [-0.15, -0.1) is 0 Å². The molecule has 0 spiro atoms. The molecule has 1 aromatic carbocycles. The van der Waals surface area contributed by atoms with E-state index >= 15 is 0 Å². The first kappa shape index (κ1) is 21.8. The Morgan fingerprint density at radius 3 is 2.68 bits per heavy atom. The highest BCUT2D eigenvalue weighted by Gasteiger charge is 2.22. The number of hydrogen-bond acceptors (Lipinski definition) is 6. The lowest BCUT2D eigenvalue weighted by molar-refractivity contribution is -0.111. The summed E-state index contributed by atoms with van der Waals surface area (Å²) in [5, 5.41) is 6.39. The lowest BCUT2D eigenvalue weighted by Gasteiger charge is -2.05. The molecule has 0 aliphatic rings. The summed E-state index contributed by atoms with van der Waals surface area (Å²) in [5.74, 6) is -1.18. The van der Waals surface area contributed by atoms with Crippen molar-refractivity contribution in [2.45, 2.75) is 34.2 Å². The number of anilines is 1. The number of carbonyl (C=O) groups excluding carboxylic acids is 2. The molecule has 3 rings (SSSR count). The van der Waals surface area contributed by atoms with Crippen LogP contribution in [0.3, 0.4) is 0 Å². The first-order chi connectivity index (χ1) is 14.8. The Morgan fingerprint density at radius 1 is 1.26 bits per heavy atom. The van der Waals surface area contributed by atoms with Crippen LogP contribution in [0.1, 0.15) is 41.2 Å². The summed E-state index contributed by atoms with van der Waals surface area (Å²) >= 11 is 0. The summed E-state index contributed by atoms with van der Waals surface area (Å²) in [6.45, 7) is 8.47. The average molecular weight is 424 g/mol. The van der Waals surface area contributed by atoms with Gasteiger partial charge in [-0.25, -0.2) is 9.59 Å². The zero-order valence-electron chi connectivity index (χ0n) is 17.8. The minimum atomic E-state index is -0.658. The molecule has 1 amide bonds. The minimum Gasteiger partial charge on any atom is -0.462 e. The number of carbonyl (C=O) groups is 2. The van der Waals surface area contributed by atoms with E-state index in [-0.39, 0.29) is 18.3 Å². The molecule has 0 atom stereocenters. The SMILES string of the molecule is CCOC(=O)c1c(/C=C/C(=O)Nc2cccc(-c3noc(=O)[nH]3)c2)c(C)n(CC)c1C. The molecule has 0 aliphatic carbocycles. The molecule has 2 aromatic heterocycles. The Morgan fingerprint density at radius 2 is 2.03 bits per heavy atom. The molecule has 31 heavy (non-hydrogen) atoms. The molecule has 0 radical (unpaired) electrons. The van der Waals surface area contributed by atoms with Gasteiger partial charge in [0.05, 0.1) is 12.2 Å². The van der Waals surface area contributed by atoms with Crippen molar-refractivity contribution >= 4 is 23.6 Å². The van der Waals surface area contributed by atoms with Crippen molar-refractivity contribution in [3.63, 3.8) is 0 Å². The lowest BCUT2D eigenvalue weighted by atomic mass is 10.1. The highest BCUT2D eigenvalue weighted by molar-refractivity contribution is 6.04. The van der Waals surface area contributed by atoms with Crippen molar-refractivity contribution in [2.24, 2.45) is 0 Å². The van der Waals surface area contributed by atoms with E-state index in [0.717, 1.165) is 11.4 Å². The summed E-state index contributed by atoms with van der Waals surface area (Å²) < 4.78 is 11.7. The Labute approximate surface area is 178 Å². The molecule has 0 unspecified atom stereocenters. The van der Waals surface area contributed by atoms with Gasteiger partial charge in [0.15, 0.2) is 5.82 Å². The van der Waals surface area contributed by atoms with Crippen molar-refractivity contribution in [1.29, 1.82) is 0 Å². The second-order valence-electron chi connectivity index (χ2n) is 6.77. The summed E-state index contributed by atoms with van der Waals surface area (Å²) in [6, 6.07) is 6.81. The number of ether oxygens (including phenoxy) is 1. The van der Waals surface area contributed by atoms with Gasteiger partial charge in [0.2, 0.25) is 5.91 Å². The van der Waals surface area contributed by atoms with Crippen LogP contribution in [0.25, 0.3) is 17.5 Å². The van der Waals surface area contributed by atoms with Crippen LogP contribution in [0.2, 0.25) is 0 Å². The molecule has 0 aliphatic heterocycles. The number of H-pyrrole nitrogens is 1. The van der Waals surface area contributed by atoms with E-state index in [1.807, 2.05) is 25.3 Å². The fourth-order valence-electron chi connectivity index (χ4n) is 3.49. The minimum absolute atomic E-state index is 0.266. The van der Waals surface area contributed by atoms with Crippen LogP contribution in [-0.2, 0) is 16.1 Å². The number of rotatable bonds is 7. The van der Waals surface area contributed by atoms with Gasteiger partial charge in [-0.2, -0.15) is 0 Å². The normalized spacial score (nSPS) is 11.1. The quantitative estimate of drug-likeness (QED) is 0.444. The van der Waals surface area contributed by atoms with E-state index < -0.39 is 11.7 Å². The van der Waals surface area contributed by atoms with Gasteiger partial charge in [0.25, 0.3) is 0 Å². The van der Waals surface area contributed by atoms with Crippen molar-refractivity contribution in [3.8, 4) is 11.4 Å². The summed E-state index contributed by atoms with van der Waals surface area (Å²) in [5.41, 5.74) is 3.89. The largest absolute Gasteiger partial charge is 0.462 e. The van der Waals surface area contributed by atoms with E-state index in [9.17, 15) is 14.4 Å². The van der Waals surface area contributed by atoms with E-state index in [1.165, 1.54) is 6.08 Å². The number of nitrogens with zero attached hydrogens (tertiary/aromatic N) is 2. The topological polar surface area (TPSA) is 119 Å². The molecule has 0 saturated carbocycles. The number of amides is 1. The number of esters is 1. The Bertz CT molecular complexity index is 1200. The van der Waals surface area contributed by atoms with Crippen molar-refractivity contribution < 1.29 is 18.8 Å². The van der Waals surface area contributed by atoms with Gasteiger partial charge >= 0.3 is 11.7 Å². The van der Waals surface area contributed by atoms with Crippen LogP contribution < -0.4 is 11.1 Å². The molecule has 9 nitrogen and oxygen atoms in total. The maximum Gasteiger partial charge on any atom is 0.439 e. The van der Waals surface area contributed by atoms with E-state index in [4.69, 9.17) is 4.74 Å². The summed E-state index contributed by atoms with van der Waals surface area (Å²) in [4.78, 5) is 38.6. The molecular formula is C22H24N4O5. The van der Waals surface area contributed by atoms with E-state index in [2.05, 4.69) is 20.0 Å². The molecule has 0 bridgehead atoms. The number of aromatic nitrogens is 3. The zero-order valence-corrected chi connectivity index (χ0v) is 17.8. The molecule has 162 valence electrons. The van der Waals surface area contributed by atoms with Gasteiger partial charge < -0.3 is 14.6 Å². The highest BCUT2D eigenvalue weighted by Crippen LogP contribution is 2.25. The van der Waals surface area contributed by atoms with Crippen LogP contribution in [0.15, 0.2) is 39.7 Å². The fourth-order valence-corrected chi connectivity index (χ4v) is 3.49. The van der Waals surface area contributed by atoms with Gasteiger partial charge in [-0.05, 0) is 45.9 Å². The molecule has 0 saturated heterocycles. The number of nitrogens with one attached hydrogen (secondary N) is 2. The predicted octanol–water partition coefficient (Wildman–Crippen LogP) is 3.30. The van der Waals surface area contributed by atoms with Crippen LogP contribution in [0.4, 0.5) is 5.69 Å². The maximum absolute atomic E-state index is 12.5. The maximum atomic E-state index is 12.5. The Balaban J connectivity index is 1.84. The molecule has 2 N–H and O–H groups in total. The smallest absolute Gasteiger partial charge is 0.439 e. The van der Waals surface area contributed by atoms with Gasteiger partial charge in [-0.1, -0.05) is 17.3 Å². The number of benzene rings is 1. The summed E-state index contributed by atoms with van der Waals surface area (Å²) in [6.07, 6.45) is 2.99. The summed E-state index contributed by atoms with van der Waals surface area (Å²) in [7, 11) is 0. The zero-order chi connectivity index (χ0) is 22.5. The number of hydrogen-bond donors (Lipinski definition) is 2. The Kier molecular flexibility index (Phi) is 6.54. The van der Waals surface area contributed by atoms with Gasteiger partial charge in [-0.3, -0.25) is 14.3 Å². The molecule has 0 fully saturated rings. The third kappa shape index (κ3) is 4.66. The fraction of sp³-hybridized carbons (Fsp3) is 0.273. The van der Waals surface area contributed by atoms with Gasteiger partial charge in [0.1, 0.15) is 0 Å². The van der Waals surface area contributed by atoms with Crippen LogP contribution in [0, 0.1) is 13.8 Å². The number of aromatic amines is 1. The third-order valence-electron chi connectivity index (χ3n) is 4.87. The molecule has 9 heteroatoms. The molecular weight excluding hydrogens is 400 g/mol. The van der Waals surface area contributed by atoms with Crippen LogP contribution in [0.5, 0.6) is 0 Å². The average Bonchev–Trinajstić information content (AvgIpc) is 3.27. The standard InChI is InChI=1S/C22H24N4O5/c1-5-26-13(3)17(19(14(26)4)21(28)30-6-2)10-11-18(27)23-16-9-7-8-15(12-16)20-24-22(29)31-25-20/h7-12H,5-6H2,1-4H3,(H,23,27)(H,24,25,29)/b11-10+. The van der Waals surface area contributed by atoms with Crippen molar-refractivity contribution in [1.82, 2.24) is 14.7 Å². The Hall–Kier alpha value is -3.88. The second-order valence-corrected chi connectivity index (χ2v) is 6.77. The van der Waals surface area contributed by atoms with E-state index in [0.29, 0.717) is 28.9 Å². The van der Waals surface area contributed by atoms with Gasteiger partial charge in [0, 0.05) is 40.8 Å². The first-order valence-corrected chi connectivity index (χ1v) is 9.88. The van der Waals surface area contributed by atoms with E-state index in [1.54, 1.807) is 37.3 Å². The second kappa shape index (κ2) is 9.29. The van der Waals surface area contributed by atoms with Crippen LogP contribution in [-0.4, -0.2) is 33.2 Å². The molecule has 2 heterocycles. The van der Waals surface area contributed by atoms with Crippen LogP contribution >= 0.6 is 0 Å². The monoisotopic (exact) mass is 424 g/mol. The third-order valence-corrected chi connectivity index (χ3v) is 4.87. The van der Waals surface area contributed by atoms with Crippen molar-refractivity contribution in [3.05, 3.63) is 63.4 Å². The highest BCUT2D eigenvalue weighted by atomic mass is 16.5. The predicted molar refractivity (Wildman–Crippen MR) is 116 cm³/mol. The first-order valence-electron chi connectivity index (χ1n) is 9.88. The van der Waals surface area contributed by atoms with Crippen molar-refractivity contribution in [2.75, 3.05) is 11.9 Å².